The van der Waals surface area contributed by atoms with Gasteiger partial charge >= 0.3 is 0 Å². The van der Waals surface area contributed by atoms with Gasteiger partial charge in [-0.25, -0.2) is 0 Å². The lowest BCUT2D eigenvalue weighted by Crippen LogP contribution is -1.93. The quantitative estimate of drug-likeness (QED) is 0.601. The van der Waals surface area contributed by atoms with Crippen LogP contribution in [0.25, 0.3) is 17.0 Å². The first kappa shape index (κ1) is 10.3. The Kier molecular flexibility index (Phi) is 2.65. The first-order chi connectivity index (χ1) is 7.72. The molecule has 6 nitrogen and oxygen atoms in total. The third kappa shape index (κ3) is 1.78. The summed E-state index contributed by atoms with van der Waals surface area (Å²) >= 11 is 0. The Bertz CT molecular complexity index is 559. The van der Waals surface area contributed by atoms with Crippen molar-refractivity contribution in [3.05, 3.63) is 40.1 Å². The summed E-state index contributed by atoms with van der Waals surface area (Å²) in [6.45, 7) is 0.398. The van der Waals surface area contributed by atoms with Gasteiger partial charge in [0.2, 0.25) is 0 Å². The van der Waals surface area contributed by atoms with Gasteiger partial charge in [0.25, 0.3) is 5.69 Å². The monoisotopic (exact) mass is 218 g/mol. The summed E-state index contributed by atoms with van der Waals surface area (Å²) in [5, 5.41) is 17.9. The van der Waals surface area contributed by atoms with E-state index in [0.29, 0.717) is 17.4 Å². The predicted octanol–water partition coefficient (Wildman–Crippen LogP) is 1.44. The van der Waals surface area contributed by atoms with Crippen LogP contribution >= 0.6 is 0 Å². The number of nitrogens with zero attached hydrogens (tertiary/aromatic N) is 2. The molecule has 0 bridgehead atoms. The minimum atomic E-state index is -0.419. The summed E-state index contributed by atoms with van der Waals surface area (Å²) in [7, 11) is 0. The Balaban J connectivity index is 2.61. The number of hydrogen-bond acceptors (Lipinski definition) is 4. The molecule has 82 valence electrons. The van der Waals surface area contributed by atoms with Crippen molar-refractivity contribution in [1.82, 2.24) is 10.2 Å². The fourth-order valence-electron chi connectivity index (χ4n) is 1.51. The number of H-pyrrole nitrogens is 1. The highest BCUT2D eigenvalue weighted by atomic mass is 16.6. The number of non-ortho nitro benzene ring substituents is 1. The van der Waals surface area contributed by atoms with Crippen molar-refractivity contribution in [2.45, 2.75) is 0 Å². The number of rotatable bonds is 3. The summed E-state index contributed by atoms with van der Waals surface area (Å²) < 4.78 is 0. The second-order valence-electron chi connectivity index (χ2n) is 3.27. The average molecular weight is 218 g/mol. The molecule has 0 spiro atoms. The fraction of sp³-hybridized carbons (Fsp3) is 0.100. The molecule has 0 atom stereocenters. The van der Waals surface area contributed by atoms with E-state index in [0.717, 1.165) is 5.56 Å². The largest absolute Gasteiger partial charge is 0.327 e. The van der Waals surface area contributed by atoms with E-state index in [-0.39, 0.29) is 5.69 Å². The summed E-state index contributed by atoms with van der Waals surface area (Å²) in [5.74, 6) is 0. The maximum absolute atomic E-state index is 10.9. The number of hydrogen-bond donors (Lipinski definition) is 2. The van der Waals surface area contributed by atoms with Gasteiger partial charge in [-0.3, -0.25) is 15.2 Å². The minimum absolute atomic E-state index is 0.0444. The molecule has 3 N–H and O–H groups in total. The van der Waals surface area contributed by atoms with E-state index in [2.05, 4.69) is 10.2 Å². The maximum atomic E-state index is 10.9. The Labute approximate surface area is 90.9 Å². The maximum Gasteiger partial charge on any atom is 0.280 e. The van der Waals surface area contributed by atoms with E-state index >= 15 is 0 Å². The molecular formula is C10H10N4O2. The second kappa shape index (κ2) is 4.11. The van der Waals surface area contributed by atoms with Crippen LogP contribution in [-0.4, -0.2) is 21.7 Å². The summed E-state index contributed by atoms with van der Waals surface area (Å²) in [6, 6.07) is 3.30. The van der Waals surface area contributed by atoms with Crippen LogP contribution in [0.2, 0.25) is 0 Å². The summed E-state index contributed by atoms with van der Waals surface area (Å²) in [5.41, 5.74) is 6.75. The molecule has 16 heavy (non-hydrogen) atoms. The molecule has 0 fully saturated rings. The molecule has 2 aromatic rings. The fourth-order valence-corrected chi connectivity index (χ4v) is 1.51. The topological polar surface area (TPSA) is 97.8 Å². The number of benzene rings is 1. The lowest BCUT2D eigenvalue weighted by Gasteiger charge is -1.96. The molecule has 0 saturated carbocycles. The molecule has 1 aromatic carbocycles. The Morgan fingerprint density at radius 2 is 2.38 bits per heavy atom. The van der Waals surface area contributed by atoms with Crippen LogP contribution < -0.4 is 5.73 Å². The van der Waals surface area contributed by atoms with Crippen LogP contribution in [0.1, 0.15) is 5.56 Å². The number of fused-ring (bicyclic) bond motifs is 1. The highest BCUT2D eigenvalue weighted by Gasteiger charge is 2.13. The van der Waals surface area contributed by atoms with Gasteiger partial charge in [-0.05, 0) is 11.6 Å². The van der Waals surface area contributed by atoms with Crippen molar-refractivity contribution in [3.63, 3.8) is 0 Å². The van der Waals surface area contributed by atoms with Crippen molar-refractivity contribution < 1.29 is 4.92 Å². The standard InChI is InChI=1S/C10H10N4O2/c11-3-1-2-7-4-9-8(6-12-13-9)10(5-7)14(15)16/h1-2,4-6H,3,11H2,(H,12,13). The molecule has 0 unspecified atom stereocenters. The smallest absolute Gasteiger partial charge is 0.280 e. The molecule has 1 heterocycles. The van der Waals surface area contributed by atoms with Crippen LogP contribution in [0.5, 0.6) is 0 Å². The summed E-state index contributed by atoms with van der Waals surface area (Å²) in [6.07, 6.45) is 4.93. The molecule has 0 amide bonds. The highest BCUT2D eigenvalue weighted by molar-refractivity contribution is 5.89. The number of aromatic amines is 1. The van der Waals surface area contributed by atoms with E-state index in [1.807, 2.05) is 0 Å². The van der Waals surface area contributed by atoms with Gasteiger partial charge in [0.05, 0.1) is 22.0 Å². The van der Waals surface area contributed by atoms with E-state index in [1.165, 1.54) is 12.3 Å². The van der Waals surface area contributed by atoms with Crippen molar-refractivity contribution in [2.24, 2.45) is 5.73 Å². The predicted molar refractivity (Wildman–Crippen MR) is 60.8 cm³/mol. The van der Waals surface area contributed by atoms with E-state index in [1.54, 1.807) is 18.2 Å². The minimum Gasteiger partial charge on any atom is -0.327 e. The molecule has 0 aliphatic rings. The number of nitrogens with one attached hydrogen (secondary N) is 1. The molecule has 1 aromatic heterocycles. The van der Waals surface area contributed by atoms with Crippen molar-refractivity contribution >= 4 is 22.7 Å². The average Bonchev–Trinajstić information content (AvgIpc) is 2.72. The Morgan fingerprint density at radius 1 is 1.56 bits per heavy atom. The van der Waals surface area contributed by atoms with Crippen molar-refractivity contribution in [1.29, 1.82) is 0 Å². The zero-order chi connectivity index (χ0) is 11.5. The van der Waals surface area contributed by atoms with Crippen LogP contribution in [0.3, 0.4) is 0 Å². The van der Waals surface area contributed by atoms with Gasteiger partial charge in [-0.15, -0.1) is 0 Å². The first-order valence-corrected chi connectivity index (χ1v) is 4.70. The Hall–Kier alpha value is -2.21. The van der Waals surface area contributed by atoms with E-state index in [4.69, 9.17) is 5.73 Å². The zero-order valence-corrected chi connectivity index (χ0v) is 8.38. The highest BCUT2D eigenvalue weighted by Crippen LogP contribution is 2.26. The molecule has 2 rings (SSSR count). The molecule has 0 radical (unpaired) electrons. The van der Waals surface area contributed by atoms with Crippen LogP contribution in [0, 0.1) is 10.1 Å². The lowest BCUT2D eigenvalue weighted by atomic mass is 10.1. The van der Waals surface area contributed by atoms with Gasteiger partial charge in [-0.1, -0.05) is 12.2 Å². The van der Waals surface area contributed by atoms with Gasteiger partial charge in [0.15, 0.2) is 0 Å². The van der Waals surface area contributed by atoms with Gasteiger partial charge in [0.1, 0.15) is 0 Å². The van der Waals surface area contributed by atoms with E-state index in [9.17, 15) is 10.1 Å². The van der Waals surface area contributed by atoms with Crippen LogP contribution in [-0.2, 0) is 0 Å². The number of aromatic nitrogens is 2. The molecule has 6 heteroatoms. The zero-order valence-electron chi connectivity index (χ0n) is 8.38. The Morgan fingerprint density at radius 3 is 3.06 bits per heavy atom. The van der Waals surface area contributed by atoms with E-state index < -0.39 is 4.92 Å². The summed E-state index contributed by atoms with van der Waals surface area (Å²) in [4.78, 5) is 10.4. The lowest BCUT2D eigenvalue weighted by molar-refractivity contribution is -0.383. The second-order valence-corrected chi connectivity index (χ2v) is 3.27. The number of nitro groups is 1. The molecule has 0 saturated heterocycles. The SMILES string of the molecule is NCC=Cc1cc([N+](=O)[O-])c2cn[nH]c2c1. The van der Waals surface area contributed by atoms with Crippen molar-refractivity contribution in [2.75, 3.05) is 6.54 Å². The first-order valence-electron chi connectivity index (χ1n) is 4.70. The number of nitrogens with two attached hydrogens (primary N) is 1. The van der Waals surface area contributed by atoms with Crippen LogP contribution in [0.15, 0.2) is 24.4 Å². The molecular weight excluding hydrogens is 208 g/mol. The van der Waals surface area contributed by atoms with Gasteiger partial charge in [0, 0.05) is 12.6 Å². The number of nitro benzene ring substituents is 1. The third-order valence-electron chi connectivity index (χ3n) is 2.20. The van der Waals surface area contributed by atoms with Crippen LogP contribution in [0.4, 0.5) is 5.69 Å². The molecule has 0 aliphatic heterocycles. The van der Waals surface area contributed by atoms with Gasteiger partial charge in [-0.2, -0.15) is 5.10 Å². The molecule has 0 aliphatic carbocycles. The normalized spacial score (nSPS) is 11.3. The van der Waals surface area contributed by atoms with Crippen molar-refractivity contribution in [3.8, 4) is 0 Å². The third-order valence-corrected chi connectivity index (χ3v) is 2.20. The van der Waals surface area contributed by atoms with Gasteiger partial charge < -0.3 is 5.73 Å².